The molecule has 4 nitrogen and oxygen atoms in total. The van der Waals surface area contributed by atoms with E-state index in [0.717, 1.165) is 55.9 Å². The van der Waals surface area contributed by atoms with Crippen LogP contribution in [0.15, 0.2) is 42.6 Å². The van der Waals surface area contributed by atoms with E-state index in [9.17, 15) is 4.79 Å². The first-order valence-corrected chi connectivity index (χ1v) is 8.98. The van der Waals surface area contributed by atoms with Gasteiger partial charge in [0.05, 0.1) is 0 Å². The van der Waals surface area contributed by atoms with E-state index in [1.54, 1.807) is 0 Å². The highest BCUT2D eigenvalue weighted by Gasteiger charge is 2.32. The summed E-state index contributed by atoms with van der Waals surface area (Å²) in [5.74, 6) is 1.75. The van der Waals surface area contributed by atoms with Crippen LogP contribution in [0.3, 0.4) is 0 Å². The fourth-order valence-electron chi connectivity index (χ4n) is 3.66. The third kappa shape index (κ3) is 3.05. The Balaban J connectivity index is 1.52. The highest BCUT2D eigenvalue weighted by molar-refractivity contribution is 5.79. The van der Waals surface area contributed by atoms with Crippen molar-refractivity contribution in [3.63, 3.8) is 0 Å². The van der Waals surface area contributed by atoms with Gasteiger partial charge in [0.15, 0.2) is 5.82 Å². The number of carbonyl (C=O) groups excluding carboxylic acids is 1. The van der Waals surface area contributed by atoms with Crippen molar-refractivity contribution in [2.45, 2.75) is 38.0 Å². The van der Waals surface area contributed by atoms with Crippen molar-refractivity contribution < 1.29 is 4.79 Å². The first kappa shape index (κ1) is 15.3. The SMILES string of the molecule is O=C(C1CCC1)N1CCC[C@H](c2ccnc(-c3ccccc3)n2)C1. The number of likely N-dealkylation sites (tertiary alicyclic amines) is 1. The van der Waals surface area contributed by atoms with Crippen LogP contribution < -0.4 is 0 Å². The van der Waals surface area contributed by atoms with Gasteiger partial charge in [-0.1, -0.05) is 36.8 Å². The van der Waals surface area contributed by atoms with Crippen LogP contribution in [0.5, 0.6) is 0 Å². The molecule has 2 fully saturated rings. The average Bonchev–Trinajstić information content (AvgIpc) is 2.61. The van der Waals surface area contributed by atoms with E-state index >= 15 is 0 Å². The molecule has 2 aliphatic rings. The lowest BCUT2D eigenvalue weighted by atomic mass is 9.83. The van der Waals surface area contributed by atoms with Gasteiger partial charge in [0.1, 0.15) is 0 Å². The van der Waals surface area contributed by atoms with Gasteiger partial charge in [-0.15, -0.1) is 0 Å². The van der Waals surface area contributed by atoms with E-state index in [-0.39, 0.29) is 5.92 Å². The Bertz CT molecular complexity index is 712. The number of benzene rings is 1. The summed E-state index contributed by atoms with van der Waals surface area (Å²) in [4.78, 5) is 23.8. The topological polar surface area (TPSA) is 46.1 Å². The molecule has 124 valence electrons. The van der Waals surface area contributed by atoms with Crippen molar-refractivity contribution in [1.82, 2.24) is 14.9 Å². The van der Waals surface area contributed by atoms with Crippen molar-refractivity contribution in [2.75, 3.05) is 13.1 Å². The number of aromatic nitrogens is 2. The number of nitrogens with zero attached hydrogens (tertiary/aromatic N) is 3. The molecule has 1 saturated carbocycles. The van der Waals surface area contributed by atoms with E-state index in [1.807, 2.05) is 42.6 Å². The summed E-state index contributed by atoms with van der Waals surface area (Å²) in [5.41, 5.74) is 2.10. The van der Waals surface area contributed by atoms with E-state index < -0.39 is 0 Å². The molecule has 1 amide bonds. The average molecular weight is 321 g/mol. The van der Waals surface area contributed by atoms with Crippen LogP contribution in [0.25, 0.3) is 11.4 Å². The molecule has 0 bridgehead atoms. The zero-order valence-corrected chi connectivity index (χ0v) is 13.9. The van der Waals surface area contributed by atoms with Gasteiger partial charge in [-0.25, -0.2) is 9.97 Å². The zero-order chi connectivity index (χ0) is 16.4. The molecule has 2 heterocycles. The molecule has 1 aromatic heterocycles. The fraction of sp³-hybridized carbons (Fsp3) is 0.450. The molecular weight excluding hydrogens is 298 g/mol. The van der Waals surface area contributed by atoms with Gasteiger partial charge in [-0.05, 0) is 31.7 Å². The molecule has 4 rings (SSSR count). The lowest BCUT2D eigenvalue weighted by Gasteiger charge is -2.37. The summed E-state index contributed by atoms with van der Waals surface area (Å²) in [6.45, 7) is 1.71. The van der Waals surface area contributed by atoms with Gasteiger partial charge in [-0.3, -0.25) is 4.79 Å². The Morgan fingerprint density at radius 3 is 2.62 bits per heavy atom. The van der Waals surface area contributed by atoms with Crippen LogP contribution in [0.1, 0.15) is 43.7 Å². The Morgan fingerprint density at radius 1 is 1.04 bits per heavy atom. The Kier molecular flexibility index (Phi) is 4.28. The molecular formula is C20H23N3O. The van der Waals surface area contributed by atoms with Crippen molar-refractivity contribution in [3.8, 4) is 11.4 Å². The van der Waals surface area contributed by atoms with Crippen LogP contribution in [-0.4, -0.2) is 33.9 Å². The lowest BCUT2D eigenvalue weighted by Crippen LogP contribution is -2.44. The summed E-state index contributed by atoms with van der Waals surface area (Å²) in [7, 11) is 0. The third-order valence-electron chi connectivity index (χ3n) is 5.31. The largest absolute Gasteiger partial charge is 0.342 e. The predicted molar refractivity (Wildman–Crippen MR) is 93.4 cm³/mol. The molecule has 1 atom stereocenters. The van der Waals surface area contributed by atoms with Crippen LogP contribution in [0, 0.1) is 5.92 Å². The van der Waals surface area contributed by atoms with Gasteiger partial charge in [-0.2, -0.15) is 0 Å². The van der Waals surface area contributed by atoms with E-state index in [4.69, 9.17) is 4.98 Å². The van der Waals surface area contributed by atoms with Gasteiger partial charge >= 0.3 is 0 Å². The maximum Gasteiger partial charge on any atom is 0.225 e. The third-order valence-corrected chi connectivity index (χ3v) is 5.31. The molecule has 0 N–H and O–H groups in total. The lowest BCUT2D eigenvalue weighted by molar-refractivity contribution is -0.139. The number of carbonyl (C=O) groups is 1. The first-order chi connectivity index (χ1) is 11.8. The van der Waals surface area contributed by atoms with E-state index in [0.29, 0.717) is 11.8 Å². The molecule has 0 radical (unpaired) electrons. The number of rotatable bonds is 3. The van der Waals surface area contributed by atoms with Crippen molar-refractivity contribution in [3.05, 3.63) is 48.3 Å². The molecule has 0 spiro atoms. The molecule has 1 saturated heterocycles. The highest BCUT2D eigenvalue weighted by Crippen LogP contribution is 2.32. The molecule has 24 heavy (non-hydrogen) atoms. The standard InChI is InChI=1S/C20H23N3O/c24-20(16-8-4-9-16)23-13-5-10-17(14-23)18-11-12-21-19(22-18)15-6-2-1-3-7-15/h1-3,6-7,11-12,16-17H,4-5,8-10,13-14H2/t17-/m0/s1. The van der Waals surface area contributed by atoms with Crippen LogP contribution >= 0.6 is 0 Å². The molecule has 0 unspecified atom stereocenters. The summed E-state index contributed by atoms with van der Waals surface area (Å²) >= 11 is 0. The fourth-order valence-corrected chi connectivity index (χ4v) is 3.66. The van der Waals surface area contributed by atoms with Crippen molar-refractivity contribution in [1.29, 1.82) is 0 Å². The number of hydrogen-bond donors (Lipinski definition) is 0. The second-order valence-corrected chi connectivity index (χ2v) is 6.92. The van der Waals surface area contributed by atoms with Gasteiger partial charge in [0, 0.05) is 42.4 Å². The van der Waals surface area contributed by atoms with Gasteiger partial charge < -0.3 is 4.90 Å². The molecule has 1 aliphatic heterocycles. The maximum absolute atomic E-state index is 12.5. The quantitative estimate of drug-likeness (QED) is 0.867. The minimum Gasteiger partial charge on any atom is -0.342 e. The Morgan fingerprint density at radius 2 is 1.88 bits per heavy atom. The minimum absolute atomic E-state index is 0.286. The normalized spacial score (nSPS) is 21.3. The molecule has 1 aromatic carbocycles. The van der Waals surface area contributed by atoms with Gasteiger partial charge in [0.25, 0.3) is 0 Å². The van der Waals surface area contributed by atoms with Crippen LogP contribution in [0.4, 0.5) is 0 Å². The Hall–Kier alpha value is -2.23. The summed E-state index contributed by atoms with van der Waals surface area (Å²) in [6, 6.07) is 12.1. The van der Waals surface area contributed by atoms with Crippen LogP contribution in [0.2, 0.25) is 0 Å². The second-order valence-electron chi connectivity index (χ2n) is 6.92. The second kappa shape index (κ2) is 6.71. The van der Waals surface area contributed by atoms with Crippen molar-refractivity contribution in [2.24, 2.45) is 5.92 Å². The summed E-state index contributed by atoms with van der Waals surface area (Å²) in [6.07, 6.45) is 7.36. The molecule has 4 heteroatoms. The number of amides is 1. The highest BCUT2D eigenvalue weighted by atomic mass is 16.2. The summed E-state index contributed by atoms with van der Waals surface area (Å²) < 4.78 is 0. The summed E-state index contributed by atoms with van der Waals surface area (Å²) in [5, 5.41) is 0. The zero-order valence-electron chi connectivity index (χ0n) is 13.9. The number of hydrogen-bond acceptors (Lipinski definition) is 3. The predicted octanol–water partition coefficient (Wildman–Crippen LogP) is 3.65. The monoisotopic (exact) mass is 321 g/mol. The first-order valence-electron chi connectivity index (χ1n) is 8.98. The maximum atomic E-state index is 12.5. The van der Waals surface area contributed by atoms with Crippen LogP contribution in [-0.2, 0) is 4.79 Å². The molecule has 1 aliphatic carbocycles. The van der Waals surface area contributed by atoms with Gasteiger partial charge in [0.2, 0.25) is 5.91 Å². The van der Waals surface area contributed by atoms with E-state index in [1.165, 1.54) is 6.42 Å². The number of piperidine rings is 1. The minimum atomic E-state index is 0.286. The Labute approximate surface area is 142 Å². The van der Waals surface area contributed by atoms with Crippen molar-refractivity contribution >= 4 is 5.91 Å². The van der Waals surface area contributed by atoms with E-state index in [2.05, 4.69) is 9.88 Å². The smallest absolute Gasteiger partial charge is 0.225 e. The molecule has 2 aromatic rings.